The second kappa shape index (κ2) is 10.3. The number of aryl methyl sites for hydroxylation is 1. The van der Waals surface area contributed by atoms with Crippen LogP contribution in [0.4, 0.5) is 14.9 Å². The molecule has 1 aliphatic rings. The summed E-state index contributed by atoms with van der Waals surface area (Å²) in [6.07, 6.45) is 1.69. The maximum atomic E-state index is 13.5. The number of rotatable bonds is 7. The van der Waals surface area contributed by atoms with Crippen molar-refractivity contribution < 1.29 is 18.7 Å². The normalized spacial score (nSPS) is 14.1. The molecule has 9 nitrogen and oxygen atoms in total. The van der Waals surface area contributed by atoms with Gasteiger partial charge in [0, 0.05) is 62.8 Å². The van der Waals surface area contributed by atoms with Gasteiger partial charge in [0.15, 0.2) is 0 Å². The van der Waals surface area contributed by atoms with Gasteiger partial charge in [-0.15, -0.1) is 0 Å². The molecular weight excluding hydrogens is 439 g/mol. The van der Waals surface area contributed by atoms with Crippen molar-refractivity contribution in [1.29, 1.82) is 0 Å². The van der Waals surface area contributed by atoms with E-state index in [0.717, 1.165) is 24.3 Å². The minimum Gasteiger partial charge on any atom is -0.492 e. The second-order valence-corrected chi connectivity index (χ2v) is 8.03. The smallest absolute Gasteiger partial charge is 0.314 e. The van der Waals surface area contributed by atoms with Crippen molar-refractivity contribution in [3.05, 3.63) is 66.1 Å². The maximum absolute atomic E-state index is 13.5. The first-order valence-electron chi connectivity index (χ1n) is 11.0. The number of aromatic nitrogens is 2. The van der Waals surface area contributed by atoms with E-state index in [1.165, 1.54) is 18.2 Å². The molecule has 1 aromatic heterocycles. The van der Waals surface area contributed by atoms with Crippen LogP contribution in [-0.4, -0.2) is 70.8 Å². The summed E-state index contributed by atoms with van der Waals surface area (Å²) < 4.78 is 21.3. The van der Waals surface area contributed by atoms with Crippen LogP contribution in [0, 0.1) is 5.82 Å². The Morgan fingerprint density at radius 1 is 1.12 bits per heavy atom. The first-order valence-corrected chi connectivity index (χ1v) is 11.0. The van der Waals surface area contributed by atoms with Gasteiger partial charge in [0.05, 0.1) is 5.69 Å². The van der Waals surface area contributed by atoms with E-state index in [1.54, 1.807) is 34.0 Å². The van der Waals surface area contributed by atoms with Gasteiger partial charge >= 0.3 is 6.03 Å². The number of urea groups is 1. The molecule has 4 rings (SSSR count). The Balaban J connectivity index is 1.45. The molecule has 0 atom stereocenters. The van der Waals surface area contributed by atoms with Crippen molar-refractivity contribution in [3.8, 4) is 17.0 Å². The highest BCUT2D eigenvalue weighted by Crippen LogP contribution is 2.32. The maximum Gasteiger partial charge on any atom is 0.314 e. The van der Waals surface area contributed by atoms with Crippen molar-refractivity contribution >= 4 is 17.6 Å². The van der Waals surface area contributed by atoms with Crippen molar-refractivity contribution in [2.24, 2.45) is 12.8 Å². The van der Waals surface area contributed by atoms with Crippen LogP contribution in [0.15, 0.2) is 54.7 Å². The third-order valence-electron chi connectivity index (χ3n) is 5.77. The first kappa shape index (κ1) is 23.2. The first-order chi connectivity index (χ1) is 16.4. The number of nitrogens with one attached hydrogen (secondary N) is 1. The number of nitrogens with two attached hydrogens (primary N) is 1. The molecule has 0 aliphatic carbocycles. The lowest BCUT2D eigenvalue weighted by Gasteiger charge is -2.33. The van der Waals surface area contributed by atoms with Crippen LogP contribution in [0.2, 0.25) is 0 Å². The molecule has 1 saturated heterocycles. The molecule has 34 heavy (non-hydrogen) atoms. The fraction of sp³-hybridized carbons (Fsp3) is 0.292. The fourth-order valence-electron chi connectivity index (χ4n) is 3.88. The van der Waals surface area contributed by atoms with Crippen molar-refractivity contribution in [2.45, 2.75) is 0 Å². The van der Waals surface area contributed by atoms with E-state index in [-0.39, 0.29) is 11.6 Å². The SMILES string of the molecule is Cn1nccc1-c1cc(NC(=O)c2cccc(F)c2)ccc1OCCN1CCN(C(N)=O)CC1. The predicted molar refractivity (Wildman–Crippen MR) is 126 cm³/mol. The minimum atomic E-state index is -0.469. The lowest BCUT2D eigenvalue weighted by Crippen LogP contribution is -2.51. The van der Waals surface area contributed by atoms with E-state index in [4.69, 9.17) is 10.5 Å². The van der Waals surface area contributed by atoms with E-state index in [1.807, 2.05) is 19.2 Å². The lowest BCUT2D eigenvalue weighted by molar-refractivity contribution is 0.102. The number of anilines is 1. The number of halogens is 1. The van der Waals surface area contributed by atoms with Gasteiger partial charge in [-0.2, -0.15) is 5.10 Å². The fourth-order valence-corrected chi connectivity index (χ4v) is 3.88. The van der Waals surface area contributed by atoms with E-state index in [0.29, 0.717) is 37.7 Å². The number of ether oxygens (including phenoxy) is 1. The molecule has 0 saturated carbocycles. The third-order valence-corrected chi connectivity index (χ3v) is 5.77. The third kappa shape index (κ3) is 5.52. The van der Waals surface area contributed by atoms with Crippen LogP contribution in [-0.2, 0) is 7.05 Å². The summed E-state index contributed by atoms with van der Waals surface area (Å²) in [5.74, 6) is -0.217. The van der Waals surface area contributed by atoms with Crippen LogP contribution in [0.5, 0.6) is 5.75 Å². The zero-order valence-corrected chi connectivity index (χ0v) is 18.9. The number of hydrogen-bond donors (Lipinski definition) is 2. The van der Waals surface area contributed by atoms with Crippen molar-refractivity contribution in [2.75, 3.05) is 44.6 Å². The Morgan fingerprint density at radius 3 is 2.59 bits per heavy atom. The van der Waals surface area contributed by atoms with Gasteiger partial charge in [-0.05, 0) is 42.5 Å². The van der Waals surface area contributed by atoms with E-state index >= 15 is 0 Å². The molecule has 178 valence electrons. The molecule has 0 spiro atoms. The van der Waals surface area contributed by atoms with Gasteiger partial charge in [0.25, 0.3) is 5.91 Å². The number of benzene rings is 2. The van der Waals surface area contributed by atoms with Crippen LogP contribution < -0.4 is 15.8 Å². The molecule has 0 bridgehead atoms. The number of carbonyl (C=O) groups excluding carboxylic acids is 2. The Kier molecular flexibility index (Phi) is 7.07. The molecule has 0 radical (unpaired) electrons. The summed E-state index contributed by atoms with van der Waals surface area (Å²) in [5.41, 5.74) is 7.73. The molecule has 3 N–H and O–H groups in total. The van der Waals surface area contributed by atoms with Gasteiger partial charge in [0.1, 0.15) is 18.2 Å². The summed E-state index contributed by atoms with van der Waals surface area (Å²) in [6.45, 7) is 3.86. The van der Waals surface area contributed by atoms with E-state index in [2.05, 4.69) is 15.3 Å². The molecule has 1 aliphatic heterocycles. The van der Waals surface area contributed by atoms with Gasteiger partial charge in [0.2, 0.25) is 0 Å². The van der Waals surface area contributed by atoms with Gasteiger partial charge < -0.3 is 20.7 Å². The molecular formula is C24H27FN6O3. The number of amides is 3. The highest BCUT2D eigenvalue weighted by Gasteiger charge is 2.19. The summed E-state index contributed by atoms with van der Waals surface area (Å²) in [7, 11) is 1.83. The number of carbonyl (C=O) groups is 2. The van der Waals surface area contributed by atoms with Crippen molar-refractivity contribution in [3.63, 3.8) is 0 Å². The average Bonchev–Trinajstić information content (AvgIpc) is 3.25. The number of nitrogens with zero attached hydrogens (tertiary/aromatic N) is 4. The minimum absolute atomic E-state index is 0.235. The Morgan fingerprint density at radius 2 is 1.91 bits per heavy atom. The van der Waals surface area contributed by atoms with Crippen LogP contribution in [0.3, 0.4) is 0 Å². The number of hydrogen-bond acceptors (Lipinski definition) is 5. The highest BCUT2D eigenvalue weighted by atomic mass is 19.1. The average molecular weight is 467 g/mol. The van der Waals surface area contributed by atoms with Gasteiger partial charge in [-0.25, -0.2) is 9.18 Å². The predicted octanol–water partition coefficient (Wildman–Crippen LogP) is 2.55. The molecule has 10 heteroatoms. The lowest BCUT2D eigenvalue weighted by atomic mass is 10.1. The Bertz CT molecular complexity index is 1170. The molecule has 2 aromatic carbocycles. The summed E-state index contributed by atoms with van der Waals surface area (Å²) >= 11 is 0. The number of primary amides is 1. The molecule has 1 fully saturated rings. The highest BCUT2D eigenvalue weighted by molar-refractivity contribution is 6.04. The topological polar surface area (TPSA) is 106 Å². The van der Waals surface area contributed by atoms with Crippen LogP contribution in [0.1, 0.15) is 10.4 Å². The number of piperazine rings is 1. The Labute approximate surface area is 196 Å². The molecule has 3 amide bonds. The summed E-state index contributed by atoms with van der Waals surface area (Å²) in [6, 6.07) is 12.4. The summed E-state index contributed by atoms with van der Waals surface area (Å²) in [5, 5.41) is 7.05. The van der Waals surface area contributed by atoms with Gasteiger partial charge in [-0.3, -0.25) is 14.4 Å². The quantitative estimate of drug-likeness (QED) is 0.557. The van der Waals surface area contributed by atoms with Crippen LogP contribution >= 0.6 is 0 Å². The molecule has 2 heterocycles. The Hall–Kier alpha value is -3.92. The largest absolute Gasteiger partial charge is 0.492 e. The van der Waals surface area contributed by atoms with Crippen LogP contribution in [0.25, 0.3) is 11.3 Å². The summed E-state index contributed by atoms with van der Waals surface area (Å²) in [4.78, 5) is 27.7. The van der Waals surface area contributed by atoms with Gasteiger partial charge in [-0.1, -0.05) is 6.07 Å². The standard InChI is InChI=1S/C24H27FN6O3/c1-29-21(7-8-27-29)20-16-19(28-23(32)17-3-2-4-18(25)15-17)5-6-22(20)34-14-13-30-9-11-31(12-10-30)24(26)33/h2-8,15-16H,9-14H2,1H3,(H2,26,33)(H,28,32). The molecule has 3 aromatic rings. The van der Waals surface area contributed by atoms with E-state index in [9.17, 15) is 14.0 Å². The second-order valence-electron chi connectivity index (χ2n) is 8.03. The van der Waals surface area contributed by atoms with E-state index < -0.39 is 11.7 Å². The zero-order chi connectivity index (χ0) is 24.1. The molecule has 0 unspecified atom stereocenters. The zero-order valence-electron chi connectivity index (χ0n) is 18.9. The monoisotopic (exact) mass is 466 g/mol. The van der Waals surface area contributed by atoms with Crippen molar-refractivity contribution in [1.82, 2.24) is 19.6 Å².